The summed E-state index contributed by atoms with van der Waals surface area (Å²) in [5.41, 5.74) is -0.219. The van der Waals surface area contributed by atoms with Gasteiger partial charge in [-0.05, 0) is 51.3 Å². The average molecular weight is 631 g/mol. The minimum absolute atomic E-state index is 0.0324. The molecule has 0 bridgehead atoms. The summed E-state index contributed by atoms with van der Waals surface area (Å²) < 4.78 is 77.6. The van der Waals surface area contributed by atoms with Crippen LogP contribution in [0.4, 0.5) is 33.5 Å². The third-order valence-corrected chi connectivity index (χ3v) is 6.81. The Morgan fingerprint density at radius 1 is 1.00 bits per heavy atom. The van der Waals surface area contributed by atoms with Gasteiger partial charge in [-0.25, -0.2) is 18.6 Å². The molecule has 1 atom stereocenters. The van der Waals surface area contributed by atoms with Gasteiger partial charge in [-0.15, -0.1) is 0 Å². The molecule has 1 saturated carbocycles. The molecule has 1 unspecified atom stereocenters. The number of H-pyrrole nitrogens is 1. The van der Waals surface area contributed by atoms with Crippen molar-refractivity contribution in [2.45, 2.75) is 92.0 Å². The number of pyridine rings is 1. The smallest absolute Gasteiger partial charge is 0.417 e. The number of aliphatic hydroxyl groups excluding tert-OH is 1. The lowest BCUT2D eigenvalue weighted by Gasteiger charge is -2.20. The fourth-order valence-electron chi connectivity index (χ4n) is 4.79. The standard InChI is InChI=1S/C21H21F5N6O2.C5H10O.2C2H6/c1-8-3-4-28-5-6-29-18-12-17(31-20(33)32-18)15(23)16(30-19(12)34-8)10-7-11(27)14(22)9(2)13(10)21(24,25)26;6-5-3-1-2-4-5;2*1-2/h7-8,28H,3-6,27H2,1-2H3,(H2,29,31,32,33);5-6H,1-4H2;2*1-2H3. The van der Waals surface area contributed by atoms with Crippen molar-refractivity contribution < 1.29 is 31.8 Å². The van der Waals surface area contributed by atoms with Gasteiger partial charge in [-0.3, -0.25) is 0 Å². The van der Waals surface area contributed by atoms with Crippen LogP contribution in [-0.2, 0) is 6.18 Å². The Morgan fingerprint density at radius 2 is 1.64 bits per heavy atom. The zero-order valence-corrected chi connectivity index (χ0v) is 26.0. The van der Waals surface area contributed by atoms with E-state index in [4.69, 9.17) is 15.6 Å². The van der Waals surface area contributed by atoms with Gasteiger partial charge in [0, 0.05) is 18.7 Å². The topological polar surface area (TPSA) is 138 Å². The van der Waals surface area contributed by atoms with Crippen LogP contribution in [-0.4, -0.2) is 51.9 Å². The van der Waals surface area contributed by atoms with Crippen molar-refractivity contribution in [2.75, 3.05) is 30.7 Å². The molecule has 1 aromatic carbocycles. The van der Waals surface area contributed by atoms with E-state index in [9.17, 15) is 22.4 Å². The van der Waals surface area contributed by atoms with Gasteiger partial charge in [0.2, 0.25) is 5.88 Å². The number of nitrogen functional groups attached to an aromatic ring is 1. The molecule has 2 aromatic heterocycles. The quantitative estimate of drug-likeness (QED) is 0.156. The van der Waals surface area contributed by atoms with Gasteiger partial charge >= 0.3 is 11.9 Å². The van der Waals surface area contributed by atoms with Gasteiger partial charge in [0.15, 0.2) is 5.82 Å². The number of aromatic nitrogens is 3. The molecule has 2 aliphatic rings. The van der Waals surface area contributed by atoms with Gasteiger partial charge in [0.1, 0.15) is 22.7 Å². The number of nitrogens with zero attached hydrogens (tertiary/aromatic N) is 2. The van der Waals surface area contributed by atoms with E-state index in [1.807, 2.05) is 27.7 Å². The molecule has 44 heavy (non-hydrogen) atoms. The van der Waals surface area contributed by atoms with Crippen LogP contribution in [0.15, 0.2) is 10.9 Å². The third kappa shape index (κ3) is 8.78. The molecule has 0 radical (unpaired) electrons. The maximum absolute atomic E-state index is 15.7. The fraction of sp³-hybridized carbons (Fsp3) is 0.567. The number of ether oxygens (including phenoxy) is 1. The SMILES string of the molecule is CC.CC.Cc1c(F)c(N)cc(-c2nc3c4c(nc(=O)[nH]c4c2F)NCCNCCC(C)O3)c1C(F)(F)F.OC1CCCC1. The highest BCUT2D eigenvalue weighted by atomic mass is 19.4. The molecular formula is C30H43F5N6O3. The van der Waals surface area contributed by atoms with Crippen molar-refractivity contribution >= 4 is 22.4 Å². The number of alkyl halides is 3. The molecule has 1 aliphatic heterocycles. The van der Waals surface area contributed by atoms with Gasteiger partial charge in [0.05, 0.1) is 29.0 Å². The summed E-state index contributed by atoms with van der Waals surface area (Å²) >= 11 is 0. The summed E-state index contributed by atoms with van der Waals surface area (Å²) in [6.45, 7) is 12.0. The lowest BCUT2D eigenvalue weighted by atomic mass is 9.96. The van der Waals surface area contributed by atoms with Crippen LogP contribution in [0.5, 0.6) is 5.88 Å². The predicted molar refractivity (Wildman–Crippen MR) is 163 cm³/mol. The molecule has 3 aromatic rings. The highest BCUT2D eigenvalue weighted by Gasteiger charge is 2.39. The van der Waals surface area contributed by atoms with Crippen molar-refractivity contribution in [3.05, 3.63) is 39.3 Å². The Bertz CT molecular complexity index is 1440. The first-order valence-electron chi connectivity index (χ1n) is 15.0. The zero-order valence-electron chi connectivity index (χ0n) is 26.0. The highest BCUT2D eigenvalue weighted by molar-refractivity contribution is 5.96. The highest BCUT2D eigenvalue weighted by Crippen LogP contribution is 2.44. The molecule has 0 saturated heterocycles. The number of nitrogens with two attached hydrogens (primary N) is 1. The Hall–Kier alpha value is -3.52. The van der Waals surface area contributed by atoms with Gasteiger partial charge < -0.3 is 31.2 Å². The zero-order chi connectivity index (χ0) is 33.2. The Labute approximate surface area is 253 Å². The van der Waals surface area contributed by atoms with Crippen molar-refractivity contribution in [1.82, 2.24) is 20.3 Å². The molecular weight excluding hydrogens is 587 g/mol. The second-order valence-electron chi connectivity index (χ2n) is 9.88. The Balaban J connectivity index is 0.000000586. The molecule has 246 valence electrons. The Morgan fingerprint density at radius 3 is 2.20 bits per heavy atom. The van der Waals surface area contributed by atoms with Crippen LogP contribution in [0.3, 0.4) is 0 Å². The second-order valence-corrected chi connectivity index (χ2v) is 9.88. The largest absolute Gasteiger partial charge is 0.474 e. The van der Waals surface area contributed by atoms with E-state index >= 15 is 4.39 Å². The number of aliphatic hydroxyl groups is 1. The van der Waals surface area contributed by atoms with Crippen LogP contribution < -0.4 is 26.8 Å². The number of benzene rings is 1. The molecule has 1 aliphatic carbocycles. The fourth-order valence-corrected chi connectivity index (χ4v) is 4.79. The van der Waals surface area contributed by atoms with Crippen LogP contribution in [0.1, 0.15) is 77.8 Å². The maximum atomic E-state index is 15.7. The summed E-state index contributed by atoms with van der Waals surface area (Å²) in [5.74, 6) is -2.80. The molecule has 6 N–H and O–H groups in total. The van der Waals surface area contributed by atoms with Gasteiger partial charge in [-0.2, -0.15) is 18.2 Å². The molecule has 14 heteroatoms. The molecule has 0 amide bonds. The van der Waals surface area contributed by atoms with Crippen LogP contribution in [0.2, 0.25) is 0 Å². The first-order valence-corrected chi connectivity index (χ1v) is 15.0. The van der Waals surface area contributed by atoms with Crippen molar-refractivity contribution in [3.8, 4) is 17.1 Å². The van der Waals surface area contributed by atoms with E-state index in [2.05, 4.69) is 25.6 Å². The first-order chi connectivity index (χ1) is 20.9. The number of aromatic amines is 1. The summed E-state index contributed by atoms with van der Waals surface area (Å²) in [6, 6.07) is 0.673. The minimum Gasteiger partial charge on any atom is -0.474 e. The monoisotopic (exact) mass is 630 g/mol. The summed E-state index contributed by atoms with van der Waals surface area (Å²) in [7, 11) is 0. The summed E-state index contributed by atoms with van der Waals surface area (Å²) in [4.78, 5) is 22.3. The van der Waals surface area contributed by atoms with E-state index in [0.717, 1.165) is 19.8 Å². The predicted octanol–water partition coefficient (Wildman–Crippen LogP) is 6.32. The third-order valence-electron chi connectivity index (χ3n) is 6.81. The van der Waals surface area contributed by atoms with Crippen molar-refractivity contribution in [1.29, 1.82) is 0 Å². The second kappa shape index (κ2) is 16.5. The van der Waals surface area contributed by atoms with E-state index in [1.165, 1.54) is 12.8 Å². The first kappa shape index (κ1) is 36.7. The van der Waals surface area contributed by atoms with Crippen molar-refractivity contribution in [3.63, 3.8) is 0 Å². The molecule has 0 spiro atoms. The number of hydrogen-bond donors (Lipinski definition) is 5. The van der Waals surface area contributed by atoms with E-state index < -0.39 is 63.2 Å². The normalized spacial score (nSPS) is 17.0. The lowest BCUT2D eigenvalue weighted by molar-refractivity contribution is -0.137. The van der Waals surface area contributed by atoms with Gasteiger partial charge in [0.25, 0.3) is 0 Å². The number of halogens is 5. The number of anilines is 2. The number of nitrogens with one attached hydrogen (secondary N) is 3. The van der Waals surface area contributed by atoms with E-state index in [0.29, 0.717) is 32.1 Å². The molecule has 5 rings (SSSR count). The molecule has 3 heterocycles. The number of rotatable bonds is 1. The van der Waals surface area contributed by atoms with Crippen LogP contribution in [0, 0.1) is 18.6 Å². The average Bonchev–Trinajstić information content (AvgIpc) is 3.46. The van der Waals surface area contributed by atoms with E-state index in [1.54, 1.807) is 6.92 Å². The number of hydrogen-bond acceptors (Lipinski definition) is 8. The van der Waals surface area contributed by atoms with Crippen molar-refractivity contribution in [2.24, 2.45) is 0 Å². The Kier molecular flexibility index (Phi) is 13.8. The van der Waals surface area contributed by atoms with Crippen LogP contribution >= 0.6 is 0 Å². The lowest BCUT2D eigenvalue weighted by Crippen LogP contribution is -2.26. The van der Waals surface area contributed by atoms with Crippen LogP contribution in [0.25, 0.3) is 22.2 Å². The summed E-state index contributed by atoms with van der Waals surface area (Å²) in [6.07, 6.45) is -0.402. The molecule has 1 fully saturated rings. The summed E-state index contributed by atoms with van der Waals surface area (Å²) in [5, 5.41) is 14.7. The maximum Gasteiger partial charge on any atom is 0.417 e. The molecule has 9 nitrogen and oxygen atoms in total. The van der Waals surface area contributed by atoms with E-state index in [-0.39, 0.29) is 23.2 Å². The van der Waals surface area contributed by atoms with Gasteiger partial charge in [-0.1, -0.05) is 40.5 Å². The minimum atomic E-state index is -5.05.